The average Bonchev–Trinajstić information content (AvgIpc) is 2.70. The van der Waals surface area contributed by atoms with Gasteiger partial charge in [-0.15, -0.1) is 0 Å². The highest BCUT2D eigenvalue weighted by atomic mass is 79.9. The summed E-state index contributed by atoms with van der Waals surface area (Å²) < 4.78 is 37.9. The summed E-state index contributed by atoms with van der Waals surface area (Å²) in [6.45, 7) is 2.25. The van der Waals surface area contributed by atoms with Crippen molar-refractivity contribution < 1.29 is 22.7 Å². The van der Waals surface area contributed by atoms with Gasteiger partial charge in [0, 0.05) is 16.6 Å². The third-order valence-electron chi connectivity index (χ3n) is 3.91. The largest absolute Gasteiger partial charge is 0.493 e. The van der Waals surface area contributed by atoms with E-state index in [1.807, 2.05) is 6.92 Å². The first-order valence-corrected chi connectivity index (χ1v) is 10.8. The van der Waals surface area contributed by atoms with Crippen LogP contribution in [0.15, 0.2) is 51.8 Å². The van der Waals surface area contributed by atoms with Gasteiger partial charge in [0.1, 0.15) is 0 Å². The predicted octanol–water partition coefficient (Wildman–Crippen LogP) is 4.05. The monoisotopic (exact) mass is 467 g/mol. The van der Waals surface area contributed by atoms with Crippen LogP contribution >= 0.6 is 15.9 Å². The summed E-state index contributed by atoms with van der Waals surface area (Å²) >= 11 is 3.44. The number of halogens is 1. The lowest BCUT2D eigenvalue weighted by Crippen LogP contribution is -2.24. The Hall–Kier alpha value is -2.16. The summed E-state index contributed by atoms with van der Waals surface area (Å²) in [6.07, 6.45) is 3.78. The number of carbonyl (C=O) groups is 1. The smallest absolute Gasteiger partial charge is 0.240 e. The summed E-state index contributed by atoms with van der Waals surface area (Å²) in [6, 6.07) is 9.35. The zero-order valence-electron chi connectivity index (χ0n) is 15.9. The van der Waals surface area contributed by atoms with Gasteiger partial charge in [-0.3, -0.25) is 4.79 Å². The van der Waals surface area contributed by atoms with E-state index in [1.165, 1.54) is 37.5 Å². The second-order valence-electron chi connectivity index (χ2n) is 5.85. The SMILES string of the molecule is CCCNS(=O)(=O)c1ccc(C(=O)/C=C/c2cc(OC)c(OC)cc2Br)cc1. The number of allylic oxidation sites excluding steroid dienone is 1. The Kier molecular flexibility index (Phi) is 7.79. The topological polar surface area (TPSA) is 81.7 Å². The molecule has 0 bridgehead atoms. The van der Waals surface area contributed by atoms with Gasteiger partial charge in [0.2, 0.25) is 10.0 Å². The Labute approximate surface area is 173 Å². The van der Waals surface area contributed by atoms with Gasteiger partial charge in [0.25, 0.3) is 0 Å². The highest BCUT2D eigenvalue weighted by Crippen LogP contribution is 2.33. The van der Waals surface area contributed by atoms with Crippen molar-refractivity contribution in [3.05, 3.63) is 58.1 Å². The number of carbonyl (C=O) groups excluding carboxylic acids is 1. The van der Waals surface area contributed by atoms with Crippen LogP contribution in [0.25, 0.3) is 6.08 Å². The molecule has 2 aromatic rings. The van der Waals surface area contributed by atoms with Crippen molar-refractivity contribution in [3.8, 4) is 11.5 Å². The molecule has 1 N–H and O–H groups in total. The van der Waals surface area contributed by atoms with Crippen molar-refractivity contribution in [2.24, 2.45) is 0 Å². The predicted molar refractivity (Wildman–Crippen MR) is 113 cm³/mol. The fraction of sp³-hybridized carbons (Fsp3) is 0.250. The first-order chi connectivity index (χ1) is 13.3. The van der Waals surface area contributed by atoms with Crippen LogP contribution in [0.2, 0.25) is 0 Å². The lowest BCUT2D eigenvalue weighted by atomic mass is 10.1. The molecule has 0 amide bonds. The van der Waals surface area contributed by atoms with Gasteiger partial charge in [-0.05, 0) is 60.5 Å². The average molecular weight is 468 g/mol. The molecule has 0 atom stereocenters. The number of ketones is 1. The van der Waals surface area contributed by atoms with E-state index in [1.54, 1.807) is 25.3 Å². The Morgan fingerprint density at radius 1 is 1.11 bits per heavy atom. The maximum absolute atomic E-state index is 12.4. The van der Waals surface area contributed by atoms with Crippen molar-refractivity contribution in [1.82, 2.24) is 4.72 Å². The summed E-state index contributed by atoms with van der Waals surface area (Å²) in [5.74, 6) is 0.880. The normalized spacial score (nSPS) is 11.6. The molecule has 150 valence electrons. The Morgan fingerprint density at radius 3 is 2.29 bits per heavy atom. The molecule has 6 nitrogen and oxygen atoms in total. The minimum absolute atomic E-state index is 0.129. The zero-order valence-corrected chi connectivity index (χ0v) is 18.3. The Bertz CT molecular complexity index is 969. The van der Waals surface area contributed by atoms with Gasteiger partial charge in [-0.1, -0.05) is 22.9 Å². The highest BCUT2D eigenvalue weighted by Gasteiger charge is 2.14. The highest BCUT2D eigenvalue weighted by molar-refractivity contribution is 9.10. The maximum Gasteiger partial charge on any atom is 0.240 e. The molecule has 0 saturated heterocycles. The minimum Gasteiger partial charge on any atom is -0.493 e. The fourth-order valence-corrected chi connectivity index (χ4v) is 3.97. The summed E-state index contributed by atoms with van der Waals surface area (Å²) in [7, 11) is -0.468. The molecule has 0 spiro atoms. The fourth-order valence-electron chi connectivity index (χ4n) is 2.38. The molecule has 28 heavy (non-hydrogen) atoms. The van der Waals surface area contributed by atoms with Gasteiger partial charge in [-0.2, -0.15) is 0 Å². The van der Waals surface area contributed by atoms with Crippen LogP contribution in [-0.2, 0) is 10.0 Å². The van der Waals surface area contributed by atoms with E-state index in [-0.39, 0.29) is 10.7 Å². The van der Waals surface area contributed by atoms with Gasteiger partial charge in [0.15, 0.2) is 17.3 Å². The van der Waals surface area contributed by atoms with Crippen LogP contribution in [0.4, 0.5) is 0 Å². The van der Waals surface area contributed by atoms with Crippen molar-refractivity contribution in [1.29, 1.82) is 0 Å². The van der Waals surface area contributed by atoms with E-state index < -0.39 is 10.0 Å². The van der Waals surface area contributed by atoms with Crippen LogP contribution in [0, 0.1) is 0 Å². The number of nitrogens with one attached hydrogen (secondary N) is 1. The Balaban J connectivity index is 2.19. The Morgan fingerprint density at radius 2 is 1.71 bits per heavy atom. The molecule has 2 aromatic carbocycles. The van der Waals surface area contributed by atoms with Crippen LogP contribution < -0.4 is 14.2 Å². The maximum atomic E-state index is 12.4. The number of methoxy groups -OCH3 is 2. The molecular weight excluding hydrogens is 446 g/mol. The third kappa shape index (κ3) is 5.43. The van der Waals surface area contributed by atoms with E-state index >= 15 is 0 Å². The van der Waals surface area contributed by atoms with Crippen molar-refractivity contribution in [2.45, 2.75) is 18.2 Å². The van der Waals surface area contributed by atoms with Gasteiger partial charge < -0.3 is 9.47 Å². The van der Waals surface area contributed by atoms with Crippen LogP contribution in [0.1, 0.15) is 29.3 Å². The van der Waals surface area contributed by atoms with E-state index in [2.05, 4.69) is 20.7 Å². The molecule has 0 aliphatic carbocycles. The van der Waals surface area contributed by atoms with Crippen molar-refractivity contribution in [2.75, 3.05) is 20.8 Å². The van der Waals surface area contributed by atoms with Crippen LogP contribution in [0.5, 0.6) is 11.5 Å². The minimum atomic E-state index is -3.55. The first kappa shape index (κ1) is 22.1. The van der Waals surface area contributed by atoms with Crippen LogP contribution in [-0.4, -0.2) is 35.0 Å². The molecule has 0 fully saturated rings. The van der Waals surface area contributed by atoms with Gasteiger partial charge in [-0.25, -0.2) is 13.1 Å². The second kappa shape index (κ2) is 9.86. The molecule has 0 heterocycles. The van der Waals surface area contributed by atoms with Gasteiger partial charge in [0.05, 0.1) is 19.1 Å². The van der Waals surface area contributed by atoms with E-state index in [0.717, 1.165) is 10.0 Å². The number of hydrogen-bond acceptors (Lipinski definition) is 5. The number of ether oxygens (including phenoxy) is 2. The van der Waals surface area contributed by atoms with E-state index in [0.29, 0.717) is 30.0 Å². The first-order valence-electron chi connectivity index (χ1n) is 8.56. The zero-order chi connectivity index (χ0) is 20.7. The number of benzene rings is 2. The number of rotatable bonds is 9. The molecule has 0 aromatic heterocycles. The molecule has 0 unspecified atom stereocenters. The number of hydrogen-bond donors (Lipinski definition) is 1. The summed E-state index contributed by atoms with van der Waals surface area (Å²) in [4.78, 5) is 12.5. The molecule has 8 heteroatoms. The standard InChI is InChI=1S/C20H22BrNO5S/c1-4-11-22-28(24,25)16-8-5-14(6-9-16)18(23)10-7-15-12-19(26-2)20(27-3)13-17(15)21/h5-10,12-13,22H,4,11H2,1-3H3/b10-7+. The summed E-state index contributed by atoms with van der Waals surface area (Å²) in [5.41, 5.74) is 1.14. The summed E-state index contributed by atoms with van der Waals surface area (Å²) in [5, 5.41) is 0. The molecule has 0 aliphatic heterocycles. The van der Waals surface area contributed by atoms with Crippen molar-refractivity contribution >= 4 is 37.8 Å². The third-order valence-corrected chi connectivity index (χ3v) is 6.07. The van der Waals surface area contributed by atoms with Gasteiger partial charge >= 0.3 is 0 Å². The van der Waals surface area contributed by atoms with Crippen molar-refractivity contribution in [3.63, 3.8) is 0 Å². The lowest BCUT2D eigenvalue weighted by Gasteiger charge is -2.09. The molecule has 0 saturated carbocycles. The van der Waals surface area contributed by atoms with Crippen LogP contribution in [0.3, 0.4) is 0 Å². The molecule has 0 aliphatic rings. The number of sulfonamides is 1. The lowest BCUT2D eigenvalue weighted by molar-refractivity contribution is 0.104. The second-order valence-corrected chi connectivity index (χ2v) is 8.47. The van der Waals surface area contributed by atoms with E-state index in [9.17, 15) is 13.2 Å². The van der Waals surface area contributed by atoms with E-state index in [4.69, 9.17) is 9.47 Å². The quantitative estimate of drug-likeness (QED) is 0.444. The molecule has 2 rings (SSSR count). The molecular formula is C20H22BrNO5S. The molecule has 0 radical (unpaired) electrons.